The van der Waals surface area contributed by atoms with Crippen LogP contribution in [0, 0.1) is 6.92 Å². The van der Waals surface area contributed by atoms with E-state index in [0.717, 1.165) is 28.4 Å². The lowest BCUT2D eigenvalue weighted by atomic mass is 10.2. The Hall–Kier alpha value is -2.76. The quantitative estimate of drug-likeness (QED) is 0.544. The Morgan fingerprint density at radius 3 is 2.50 bits per heavy atom. The molecule has 30 heavy (non-hydrogen) atoms. The van der Waals surface area contributed by atoms with Gasteiger partial charge in [0.25, 0.3) is 11.8 Å². The van der Waals surface area contributed by atoms with Crippen molar-refractivity contribution in [3.8, 4) is 5.69 Å². The number of halogens is 1. The second-order valence-corrected chi connectivity index (χ2v) is 8.46. The predicted molar refractivity (Wildman–Crippen MR) is 116 cm³/mol. The summed E-state index contributed by atoms with van der Waals surface area (Å²) in [5, 5.41) is 4.98. The van der Waals surface area contributed by atoms with Crippen molar-refractivity contribution in [3.05, 3.63) is 57.3 Å². The van der Waals surface area contributed by atoms with E-state index in [-0.39, 0.29) is 0 Å². The van der Waals surface area contributed by atoms with E-state index < -0.39 is 11.8 Å². The van der Waals surface area contributed by atoms with E-state index in [1.54, 1.807) is 42.1 Å². The minimum absolute atomic E-state index is 0.393. The van der Waals surface area contributed by atoms with Gasteiger partial charge in [0.1, 0.15) is 4.88 Å². The standard InChI is InChI=1S/C19H19BrN6O3S/c1-12-16(30-19(22-12)25-6-8-29-9-7-25)18(28)24-23-17(27)13-2-4-15(5-3-13)26-11-14(20)10-21-26/h2-5,10-11H,6-9H2,1H3,(H,23,27)(H,24,28). The van der Waals surface area contributed by atoms with Gasteiger partial charge in [-0.1, -0.05) is 11.3 Å². The molecule has 0 atom stereocenters. The summed E-state index contributed by atoms with van der Waals surface area (Å²) in [5.74, 6) is -0.803. The van der Waals surface area contributed by atoms with E-state index in [9.17, 15) is 9.59 Å². The number of nitrogens with one attached hydrogen (secondary N) is 2. The molecule has 0 saturated carbocycles. The maximum absolute atomic E-state index is 12.5. The van der Waals surface area contributed by atoms with Crippen molar-refractivity contribution in [3.63, 3.8) is 0 Å². The Balaban J connectivity index is 1.36. The molecular weight excluding hydrogens is 472 g/mol. The molecule has 3 aromatic rings. The van der Waals surface area contributed by atoms with Gasteiger partial charge in [-0.25, -0.2) is 9.67 Å². The first kappa shape index (κ1) is 20.5. The maximum atomic E-state index is 12.5. The molecule has 2 aromatic heterocycles. The Kier molecular flexibility index (Phi) is 6.11. The van der Waals surface area contributed by atoms with E-state index in [1.807, 2.05) is 6.20 Å². The van der Waals surface area contributed by atoms with Crippen molar-refractivity contribution in [2.45, 2.75) is 6.92 Å². The summed E-state index contributed by atoms with van der Waals surface area (Å²) in [6.07, 6.45) is 3.50. The number of carbonyl (C=O) groups excluding carboxylic acids is 2. The number of hydrazine groups is 1. The summed E-state index contributed by atoms with van der Waals surface area (Å²) >= 11 is 4.66. The second-order valence-electron chi connectivity index (χ2n) is 6.57. The van der Waals surface area contributed by atoms with Crippen LogP contribution in [0.1, 0.15) is 25.7 Å². The summed E-state index contributed by atoms with van der Waals surface area (Å²) in [5.41, 5.74) is 6.78. The highest BCUT2D eigenvalue weighted by atomic mass is 79.9. The van der Waals surface area contributed by atoms with Gasteiger partial charge in [0.05, 0.1) is 35.3 Å². The van der Waals surface area contributed by atoms with E-state index in [2.05, 4.69) is 41.8 Å². The maximum Gasteiger partial charge on any atom is 0.281 e. The van der Waals surface area contributed by atoms with Gasteiger partial charge in [-0.15, -0.1) is 0 Å². The summed E-state index contributed by atoms with van der Waals surface area (Å²) in [6.45, 7) is 4.56. The van der Waals surface area contributed by atoms with Crippen LogP contribution in [0.15, 0.2) is 41.1 Å². The third kappa shape index (κ3) is 4.53. The van der Waals surface area contributed by atoms with Crippen LogP contribution in [-0.4, -0.2) is 52.9 Å². The Bertz CT molecular complexity index is 1060. The van der Waals surface area contributed by atoms with Crippen molar-refractivity contribution in [1.82, 2.24) is 25.6 Å². The minimum atomic E-state index is -0.410. The van der Waals surface area contributed by atoms with Crippen LogP contribution in [0.2, 0.25) is 0 Å². The first-order valence-electron chi connectivity index (χ1n) is 9.22. The number of hydrogen-bond donors (Lipinski definition) is 2. The lowest BCUT2D eigenvalue weighted by Crippen LogP contribution is -2.41. The topological polar surface area (TPSA) is 101 Å². The van der Waals surface area contributed by atoms with Crippen LogP contribution in [-0.2, 0) is 4.74 Å². The summed E-state index contributed by atoms with van der Waals surface area (Å²) < 4.78 is 7.90. The van der Waals surface area contributed by atoms with E-state index in [1.165, 1.54) is 11.3 Å². The van der Waals surface area contributed by atoms with Gasteiger partial charge < -0.3 is 9.64 Å². The number of nitrogens with zero attached hydrogens (tertiary/aromatic N) is 4. The molecule has 3 heterocycles. The van der Waals surface area contributed by atoms with Gasteiger partial charge in [-0.3, -0.25) is 20.4 Å². The van der Waals surface area contributed by atoms with Gasteiger partial charge in [-0.2, -0.15) is 5.10 Å². The number of aryl methyl sites for hydroxylation is 1. The van der Waals surface area contributed by atoms with Gasteiger partial charge >= 0.3 is 0 Å². The lowest BCUT2D eigenvalue weighted by Gasteiger charge is -2.25. The molecule has 0 unspecified atom stereocenters. The van der Waals surface area contributed by atoms with E-state index in [4.69, 9.17) is 4.74 Å². The minimum Gasteiger partial charge on any atom is -0.378 e. The molecule has 0 spiro atoms. The molecule has 1 aliphatic heterocycles. The summed E-state index contributed by atoms with van der Waals surface area (Å²) in [6, 6.07) is 6.89. The number of thiazole rings is 1. The lowest BCUT2D eigenvalue weighted by molar-refractivity contribution is 0.0848. The molecule has 1 fully saturated rings. The average Bonchev–Trinajstić information content (AvgIpc) is 3.38. The Labute approximate surface area is 185 Å². The van der Waals surface area contributed by atoms with Crippen molar-refractivity contribution >= 4 is 44.2 Å². The molecule has 4 rings (SSSR count). The molecule has 0 bridgehead atoms. The van der Waals surface area contributed by atoms with Crippen LogP contribution in [0.3, 0.4) is 0 Å². The third-order valence-corrected chi connectivity index (χ3v) is 6.13. The molecular formula is C19H19BrN6O3S. The smallest absolute Gasteiger partial charge is 0.281 e. The number of morpholine rings is 1. The van der Waals surface area contributed by atoms with Crippen molar-refractivity contribution in [1.29, 1.82) is 0 Å². The van der Waals surface area contributed by atoms with Crippen molar-refractivity contribution in [2.24, 2.45) is 0 Å². The van der Waals surface area contributed by atoms with Crippen molar-refractivity contribution < 1.29 is 14.3 Å². The van der Waals surface area contributed by atoms with E-state index >= 15 is 0 Å². The fourth-order valence-corrected chi connectivity index (χ4v) is 4.23. The van der Waals surface area contributed by atoms with Crippen LogP contribution in [0.25, 0.3) is 5.69 Å². The zero-order valence-corrected chi connectivity index (χ0v) is 18.5. The van der Waals surface area contributed by atoms with Crippen LogP contribution < -0.4 is 15.8 Å². The first-order valence-corrected chi connectivity index (χ1v) is 10.8. The SMILES string of the molecule is Cc1nc(N2CCOCC2)sc1C(=O)NNC(=O)c1ccc(-n2cc(Br)cn2)cc1. The predicted octanol–water partition coefficient (Wildman–Crippen LogP) is 2.31. The summed E-state index contributed by atoms with van der Waals surface area (Å²) in [4.78, 5) is 32.0. The number of aromatic nitrogens is 3. The summed E-state index contributed by atoms with van der Waals surface area (Å²) in [7, 11) is 0. The molecule has 0 aliphatic carbocycles. The molecule has 1 aromatic carbocycles. The number of benzene rings is 1. The van der Waals surface area contributed by atoms with Crippen LogP contribution in [0.5, 0.6) is 0 Å². The number of amides is 2. The highest BCUT2D eigenvalue weighted by Crippen LogP contribution is 2.26. The third-order valence-electron chi connectivity index (χ3n) is 4.51. The normalized spacial score (nSPS) is 13.9. The van der Waals surface area contributed by atoms with Gasteiger partial charge in [0.15, 0.2) is 5.13 Å². The molecule has 156 valence electrons. The van der Waals surface area contributed by atoms with Gasteiger partial charge in [0, 0.05) is 24.8 Å². The Morgan fingerprint density at radius 2 is 1.83 bits per heavy atom. The zero-order valence-electron chi connectivity index (χ0n) is 16.1. The second kappa shape index (κ2) is 8.94. The molecule has 11 heteroatoms. The number of anilines is 1. The fourth-order valence-electron chi connectivity index (χ4n) is 2.93. The zero-order chi connectivity index (χ0) is 21.1. The van der Waals surface area contributed by atoms with Crippen molar-refractivity contribution in [2.75, 3.05) is 31.2 Å². The average molecular weight is 491 g/mol. The van der Waals surface area contributed by atoms with Crippen LogP contribution >= 0.6 is 27.3 Å². The first-order chi connectivity index (χ1) is 14.5. The largest absolute Gasteiger partial charge is 0.378 e. The monoisotopic (exact) mass is 490 g/mol. The molecule has 0 radical (unpaired) electrons. The number of ether oxygens (including phenoxy) is 1. The molecule has 1 aliphatic rings. The Morgan fingerprint density at radius 1 is 1.13 bits per heavy atom. The molecule has 2 amide bonds. The molecule has 9 nitrogen and oxygen atoms in total. The van der Waals surface area contributed by atoms with Gasteiger partial charge in [-0.05, 0) is 47.1 Å². The van der Waals surface area contributed by atoms with Gasteiger partial charge in [0.2, 0.25) is 0 Å². The highest BCUT2D eigenvalue weighted by molar-refractivity contribution is 9.10. The number of carbonyl (C=O) groups is 2. The molecule has 2 N–H and O–H groups in total. The fraction of sp³-hybridized carbons (Fsp3) is 0.263. The van der Waals surface area contributed by atoms with Crippen LogP contribution in [0.4, 0.5) is 5.13 Å². The number of rotatable bonds is 4. The van der Waals surface area contributed by atoms with E-state index in [0.29, 0.717) is 29.3 Å². The molecule has 1 saturated heterocycles. The highest BCUT2D eigenvalue weighted by Gasteiger charge is 2.21. The number of hydrogen-bond acceptors (Lipinski definition) is 7.